The third-order valence-electron chi connectivity index (χ3n) is 3.93. The summed E-state index contributed by atoms with van der Waals surface area (Å²) < 4.78 is 42.7. The van der Waals surface area contributed by atoms with E-state index in [1.807, 2.05) is 0 Å². The zero-order valence-electron chi connectivity index (χ0n) is 13.3. The van der Waals surface area contributed by atoms with Crippen molar-refractivity contribution >= 4 is 29.3 Å². The number of halogens is 5. The lowest BCUT2D eigenvalue weighted by Crippen LogP contribution is -2.49. The van der Waals surface area contributed by atoms with Crippen molar-refractivity contribution in [2.24, 2.45) is 0 Å². The lowest BCUT2D eigenvalue weighted by molar-refractivity contribution is -0.154. The average Bonchev–Trinajstić information content (AvgIpc) is 2.45. The Morgan fingerprint density at radius 2 is 2.08 bits per heavy atom. The van der Waals surface area contributed by atoms with Gasteiger partial charge in [0, 0.05) is 31.1 Å². The molecule has 0 aliphatic carbocycles. The molecule has 1 aliphatic rings. The number of amides is 1. The van der Waals surface area contributed by atoms with E-state index in [4.69, 9.17) is 33.0 Å². The van der Waals surface area contributed by atoms with Gasteiger partial charge in [0.05, 0.1) is 23.7 Å². The monoisotopic (exact) mass is 400 g/mol. The maximum absolute atomic E-state index is 12.4. The third-order valence-corrected chi connectivity index (χ3v) is 4.73. The zero-order valence-corrected chi connectivity index (χ0v) is 14.8. The minimum absolute atomic E-state index is 0.147. The molecule has 0 saturated carbocycles. The summed E-state index contributed by atoms with van der Waals surface area (Å²) in [7, 11) is 1.43. The van der Waals surface area contributed by atoms with Crippen LogP contribution in [0.2, 0.25) is 10.0 Å². The second kappa shape index (κ2) is 7.88. The number of hydrogen-bond acceptors (Lipinski definition) is 3. The molecule has 1 amide bonds. The molecular weight excluding hydrogens is 384 g/mol. The molecule has 1 aromatic carbocycles. The Morgan fingerprint density at radius 1 is 1.44 bits per heavy atom. The highest BCUT2D eigenvalue weighted by Crippen LogP contribution is 2.44. The summed E-state index contributed by atoms with van der Waals surface area (Å²) in [5, 5.41) is 11.4. The number of carbonyl (C=O) groups is 1. The van der Waals surface area contributed by atoms with Gasteiger partial charge in [-0.15, -0.1) is 0 Å². The number of hydrogen-bond donors (Lipinski definition) is 2. The number of nitrogens with one attached hydrogen (secondary N) is 1. The van der Waals surface area contributed by atoms with E-state index in [2.05, 4.69) is 5.32 Å². The molecule has 0 unspecified atom stereocenters. The van der Waals surface area contributed by atoms with Crippen LogP contribution in [0.15, 0.2) is 6.07 Å². The third kappa shape index (κ3) is 5.05. The Kier molecular flexibility index (Phi) is 6.29. The molecule has 0 aromatic heterocycles. The molecular formula is C15H17Cl2F3N2O3. The Hall–Kier alpha value is -1.38. The average molecular weight is 401 g/mol. The van der Waals surface area contributed by atoms with Crippen molar-refractivity contribution in [1.82, 2.24) is 10.2 Å². The molecule has 1 aliphatic heterocycles. The second-order valence-corrected chi connectivity index (χ2v) is 6.55. The van der Waals surface area contributed by atoms with Gasteiger partial charge in [-0.1, -0.05) is 23.2 Å². The summed E-state index contributed by atoms with van der Waals surface area (Å²) in [6.07, 6.45) is -5.08. The summed E-state index contributed by atoms with van der Waals surface area (Å²) in [4.78, 5) is 11.8. The van der Waals surface area contributed by atoms with E-state index in [-0.39, 0.29) is 35.6 Å². The molecule has 25 heavy (non-hydrogen) atoms. The number of likely N-dealkylation sites (tertiary alicyclic amines) is 1. The van der Waals surface area contributed by atoms with E-state index in [1.54, 1.807) is 6.07 Å². The zero-order chi connectivity index (χ0) is 18.8. The number of alkyl halides is 3. The summed E-state index contributed by atoms with van der Waals surface area (Å²) in [5.74, 6) is 0.216. The topological polar surface area (TPSA) is 61.8 Å². The fourth-order valence-electron chi connectivity index (χ4n) is 2.91. The molecule has 1 saturated heterocycles. The Labute approximate surface area is 152 Å². The fraction of sp³-hybridized carbons (Fsp3) is 0.533. The van der Waals surface area contributed by atoms with Crippen LogP contribution in [0.4, 0.5) is 18.0 Å². The van der Waals surface area contributed by atoms with Crippen molar-refractivity contribution < 1.29 is 27.8 Å². The van der Waals surface area contributed by atoms with Crippen LogP contribution in [0.25, 0.3) is 0 Å². The highest BCUT2D eigenvalue weighted by Gasteiger charge is 2.39. The lowest BCUT2D eigenvalue weighted by atomic mass is 9.88. The van der Waals surface area contributed by atoms with Crippen molar-refractivity contribution in [3.05, 3.63) is 27.2 Å². The predicted molar refractivity (Wildman–Crippen MR) is 88.0 cm³/mol. The van der Waals surface area contributed by atoms with E-state index in [0.717, 1.165) is 0 Å². The first kappa shape index (κ1) is 19.9. The first-order valence-electron chi connectivity index (χ1n) is 7.43. The number of ether oxygens (including phenoxy) is 1. The fourth-order valence-corrected chi connectivity index (χ4v) is 3.44. The van der Waals surface area contributed by atoms with Crippen molar-refractivity contribution in [2.45, 2.75) is 18.5 Å². The van der Waals surface area contributed by atoms with Crippen molar-refractivity contribution in [3.63, 3.8) is 0 Å². The van der Waals surface area contributed by atoms with Crippen LogP contribution in [0, 0.1) is 0 Å². The maximum Gasteiger partial charge on any atom is 0.404 e. The molecule has 5 nitrogen and oxygen atoms in total. The van der Waals surface area contributed by atoms with Crippen LogP contribution in [-0.4, -0.2) is 55.6 Å². The van der Waals surface area contributed by atoms with Gasteiger partial charge in [0.25, 0.3) is 0 Å². The Bertz CT molecular complexity index is 650. The summed E-state index contributed by atoms with van der Waals surface area (Å²) in [5.41, 5.74) is 1.22. The van der Waals surface area contributed by atoms with Gasteiger partial charge in [0.2, 0.25) is 0 Å². The molecule has 0 spiro atoms. The molecule has 0 bridgehead atoms. The maximum atomic E-state index is 12.4. The smallest absolute Gasteiger partial charge is 0.404 e. The van der Waals surface area contributed by atoms with Crippen molar-refractivity contribution in [2.75, 3.05) is 33.3 Å². The molecule has 10 heteroatoms. The van der Waals surface area contributed by atoms with Gasteiger partial charge in [-0.2, -0.15) is 13.2 Å². The van der Waals surface area contributed by atoms with Crippen molar-refractivity contribution in [3.8, 4) is 5.75 Å². The van der Waals surface area contributed by atoms with Gasteiger partial charge in [-0.3, -0.25) is 4.90 Å². The van der Waals surface area contributed by atoms with Crippen LogP contribution < -0.4 is 10.1 Å². The van der Waals surface area contributed by atoms with Gasteiger partial charge < -0.3 is 15.2 Å². The SMILES string of the molecule is COc1c(CCNC(=O)O)cc(Cl)c(Cl)c1C1CN(CC(F)(F)F)C1. The van der Waals surface area contributed by atoms with E-state index in [0.29, 0.717) is 23.3 Å². The molecule has 0 atom stereocenters. The molecule has 0 radical (unpaired) electrons. The Balaban J connectivity index is 2.19. The number of methoxy groups -OCH3 is 1. The summed E-state index contributed by atoms with van der Waals surface area (Å²) in [6.45, 7) is -0.432. The molecule has 2 rings (SSSR count). The van der Waals surface area contributed by atoms with E-state index >= 15 is 0 Å². The Morgan fingerprint density at radius 3 is 2.60 bits per heavy atom. The van der Waals surface area contributed by atoms with E-state index in [1.165, 1.54) is 12.0 Å². The second-order valence-electron chi connectivity index (χ2n) is 5.77. The van der Waals surface area contributed by atoms with Gasteiger partial charge in [0.1, 0.15) is 5.75 Å². The van der Waals surface area contributed by atoms with Crippen LogP contribution >= 0.6 is 23.2 Å². The quantitative estimate of drug-likeness (QED) is 0.762. The molecule has 1 fully saturated rings. The van der Waals surface area contributed by atoms with Gasteiger partial charge in [0.15, 0.2) is 0 Å². The largest absolute Gasteiger partial charge is 0.496 e. The van der Waals surface area contributed by atoms with Crippen molar-refractivity contribution in [1.29, 1.82) is 0 Å². The van der Waals surface area contributed by atoms with Gasteiger partial charge >= 0.3 is 12.3 Å². The lowest BCUT2D eigenvalue weighted by Gasteiger charge is -2.41. The van der Waals surface area contributed by atoms with Crippen LogP contribution in [-0.2, 0) is 6.42 Å². The highest BCUT2D eigenvalue weighted by atomic mass is 35.5. The van der Waals surface area contributed by atoms with Crippen LogP contribution in [0.1, 0.15) is 17.0 Å². The molecule has 1 heterocycles. The highest BCUT2D eigenvalue weighted by molar-refractivity contribution is 6.42. The summed E-state index contributed by atoms with van der Waals surface area (Å²) >= 11 is 12.4. The minimum atomic E-state index is -4.25. The molecule has 1 aromatic rings. The number of rotatable bonds is 6. The van der Waals surface area contributed by atoms with Crippen LogP contribution in [0.5, 0.6) is 5.75 Å². The minimum Gasteiger partial charge on any atom is -0.496 e. The number of benzene rings is 1. The molecule has 140 valence electrons. The van der Waals surface area contributed by atoms with E-state index < -0.39 is 18.8 Å². The van der Waals surface area contributed by atoms with E-state index in [9.17, 15) is 18.0 Å². The van der Waals surface area contributed by atoms with Gasteiger partial charge in [-0.25, -0.2) is 4.79 Å². The van der Waals surface area contributed by atoms with Crippen LogP contribution in [0.3, 0.4) is 0 Å². The predicted octanol–water partition coefficient (Wildman–Crippen LogP) is 3.77. The normalized spacial score (nSPS) is 15.8. The molecule has 2 N–H and O–H groups in total. The number of carboxylic acid groups (broad SMARTS) is 1. The first-order chi connectivity index (χ1) is 11.6. The first-order valence-corrected chi connectivity index (χ1v) is 8.18. The standard InChI is InChI=1S/C15H17Cl2F3N2O3/c1-25-13-8(2-3-21-14(23)24)4-10(16)12(17)11(13)9-5-22(6-9)7-15(18,19)20/h4,9,21H,2-3,5-7H2,1H3,(H,23,24). The number of nitrogens with zero attached hydrogens (tertiary/aromatic N) is 1. The van der Waals surface area contributed by atoms with Gasteiger partial charge in [-0.05, 0) is 18.1 Å². The summed E-state index contributed by atoms with van der Waals surface area (Å²) in [6, 6.07) is 1.59.